The minimum absolute atomic E-state index is 0. The van der Waals surface area contributed by atoms with Gasteiger partial charge in [-0.15, -0.1) is 0 Å². The van der Waals surface area contributed by atoms with Crippen LogP contribution in [0.4, 0.5) is 0 Å². The maximum atomic E-state index is 2.29. The molecule has 0 aromatic heterocycles. The molecule has 0 N–H and O–H groups in total. The van der Waals surface area contributed by atoms with E-state index in [1.807, 2.05) is 0 Å². The standard InChI is InChI=1S/C9H19.Y/c1-7(2)8(3)9(4,5)6;/h8H,1-6H3;/q-1;. The second-order valence-electron chi connectivity index (χ2n) is 4.17. The summed E-state index contributed by atoms with van der Waals surface area (Å²) in [7, 11) is 0. The molecule has 0 amide bonds. The second-order valence-corrected chi connectivity index (χ2v) is 4.17. The molecule has 0 aromatic rings. The van der Waals surface area contributed by atoms with Gasteiger partial charge < -0.3 is 5.92 Å². The molecule has 59 valence electrons. The van der Waals surface area contributed by atoms with Crippen LogP contribution in [0.15, 0.2) is 0 Å². The Balaban J connectivity index is 0. The molecule has 0 heterocycles. The van der Waals surface area contributed by atoms with Gasteiger partial charge in [-0.25, -0.2) is 0 Å². The molecule has 1 atom stereocenters. The zero-order valence-electron chi connectivity index (χ0n) is 8.15. The van der Waals surface area contributed by atoms with Crippen molar-refractivity contribution >= 4 is 0 Å². The van der Waals surface area contributed by atoms with Gasteiger partial charge in [0.25, 0.3) is 0 Å². The molecule has 0 nitrogen and oxygen atoms in total. The Morgan fingerprint density at radius 3 is 1.40 bits per heavy atom. The first-order valence-electron chi connectivity index (χ1n) is 3.65. The molecule has 0 bridgehead atoms. The summed E-state index contributed by atoms with van der Waals surface area (Å²) in [6.07, 6.45) is 0. The summed E-state index contributed by atoms with van der Waals surface area (Å²) in [6, 6.07) is 0. The normalized spacial score (nSPS) is 14.7. The molecule has 0 fully saturated rings. The van der Waals surface area contributed by atoms with E-state index in [1.165, 1.54) is 5.92 Å². The van der Waals surface area contributed by atoms with Crippen LogP contribution in [0.3, 0.4) is 0 Å². The van der Waals surface area contributed by atoms with Gasteiger partial charge in [-0.2, -0.15) is 19.8 Å². The first kappa shape index (κ1) is 13.7. The molecule has 1 unspecified atom stereocenters. The van der Waals surface area contributed by atoms with Crippen molar-refractivity contribution in [2.75, 3.05) is 0 Å². The summed E-state index contributed by atoms with van der Waals surface area (Å²) in [5, 5.41) is 0. The van der Waals surface area contributed by atoms with Crippen molar-refractivity contribution in [1.82, 2.24) is 0 Å². The fraction of sp³-hybridized carbons (Fsp3) is 0.889. The van der Waals surface area contributed by atoms with Gasteiger partial charge >= 0.3 is 0 Å². The van der Waals surface area contributed by atoms with Crippen LogP contribution in [0, 0.1) is 17.3 Å². The van der Waals surface area contributed by atoms with E-state index in [1.54, 1.807) is 0 Å². The van der Waals surface area contributed by atoms with Crippen molar-refractivity contribution in [2.45, 2.75) is 41.5 Å². The van der Waals surface area contributed by atoms with Crippen LogP contribution < -0.4 is 0 Å². The van der Waals surface area contributed by atoms with Crippen molar-refractivity contribution < 1.29 is 32.7 Å². The molecule has 10 heavy (non-hydrogen) atoms. The molecule has 0 aromatic carbocycles. The van der Waals surface area contributed by atoms with Gasteiger partial charge in [-0.1, -0.05) is 33.1 Å². The van der Waals surface area contributed by atoms with Gasteiger partial charge in [0, 0.05) is 32.7 Å². The van der Waals surface area contributed by atoms with Crippen LogP contribution in [0.25, 0.3) is 0 Å². The third-order valence-electron chi connectivity index (χ3n) is 2.17. The van der Waals surface area contributed by atoms with Crippen LogP contribution in [-0.4, -0.2) is 0 Å². The summed E-state index contributed by atoms with van der Waals surface area (Å²) < 4.78 is 0. The predicted octanol–water partition coefficient (Wildman–Crippen LogP) is 3.28. The van der Waals surface area contributed by atoms with Gasteiger partial charge in [0.15, 0.2) is 0 Å². The molecular formula is C9H19Y-. The molecule has 1 radical (unpaired) electrons. The van der Waals surface area contributed by atoms with E-state index in [0.717, 1.165) is 5.92 Å². The van der Waals surface area contributed by atoms with Crippen LogP contribution in [0.1, 0.15) is 41.5 Å². The zero-order chi connectivity index (χ0) is 7.65. The summed E-state index contributed by atoms with van der Waals surface area (Å²) in [4.78, 5) is 0. The Bertz CT molecular complexity index is 79.2. The van der Waals surface area contributed by atoms with E-state index in [2.05, 4.69) is 41.5 Å². The Labute approximate surface area is 91.0 Å². The van der Waals surface area contributed by atoms with Gasteiger partial charge in [0.1, 0.15) is 0 Å². The monoisotopic (exact) mass is 216 g/mol. The van der Waals surface area contributed by atoms with Crippen molar-refractivity contribution in [3.05, 3.63) is 5.92 Å². The number of hydrogen-bond donors (Lipinski definition) is 0. The van der Waals surface area contributed by atoms with E-state index < -0.39 is 0 Å². The van der Waals surface area contributed by atoms with Crippen LogP contribution >= 0.6 is 0 Å². The SMILES string of the molecule is C[C-](C)C(C)C(C)(C)C.[Y]. The van der Waals surface area contributed by atoms with E-state index in [0.29, 0.717) is 5.41 Å². The topological polar surface area (TPSA) is 0 Å². The average Bonchev–Trinajstić information content (AvgIpc) is 1.62. The first-order valence-corrected chi connectivity index (χ1v) is 3.65. The van der Waals surface area contributed by atoms with Crippen LogP contribution in [0.5, 0.6) is 0 Å². The van der Waals surface area contributed by atoms with Crippen LogP contribution in [-0.2, 0) is 32.7 Å². The fourth-order valence-corrected chi connectivity index (χ4v) is 0.866. The summed E-state index contributed by atoms with van der Waals surface area (Å²) in [5.74, 6) is 2.26. The van der Waals surface area contributed by atoms with Crippen molar-refractivity contribution in [1.29, 1.82) is 0 Å². The molecule has 0 rings (SSSR count). The number of hydrogen-bond acceptors (Lipinski definition) is 0. The van der Waals surface area contributed by atoms with Crippen molar-refractivity contribution in [3.63, 3.8) is 0 Å². The smallest absolute Gasteiger partial charge is 0 e. The Morgan fingerprint density at radius 1 is 1.10 bits per heavy atom. The maximum absolute atomic E-state index is 2.29. The molecular weight excluding hydrogens is 197 g/mol. The van der Waals surface area contributed by atoms with Gasteiger partial charge in [0.05, 0.1) is 0 Å². The number of rotatable bonds is 1. The molecule has 0 saturated heterocycles. The molecule has 0 aliphatic heterocycles. The van der Waals surface area contributed by atoms with Gasteiger partial charge in [-0.3, -0.25) is 0 Å². The van der Waals surface area contributed by atoms with Crippen molar-refractivity contribution in [3.8, 4) is 0 Å². The second kappa shape index (κ2) is 4.88. The van der Waals surface area contributed by atoms with Crippen molar-refractivity contribution in [2.24, 2.45) is 11.3 Å². The predicted molar refractivity (Wildman–Crippen MR) is 43.2 cm³/mol. The third kappa shape index (κ3) is 4.85. The summed E-state index contributed by atoms with van der Waals surface area (Å²) in [6.45, 7) is 13.5. The first-order chi connectivity index (χ1) is 3.85. The third-order valence-corrected chi connectivity index (χ3v) is 2.17. The quantitative estimate of drug-likeness (QED) is 0.590. The minimum atomic E-state index is 0. The average molecular weight is 216 g/mol. The fourth-order valence-electron chi connectivity index (χ4n) is 0.866. The Kier molecular flexibility index (Phi) is 6.67. The minimum Gasteiger partial charge on any atom is -0.316 e. The van der Waals surface area contributed by atoms with E-state index in [4.69, 9.17) is 0 Å². The van der Waals surface area contributed by atoms with Gasteiger partial charge in [-0.05, 0) is 0 Å². The molecule has 0 spiro atoms. The maximum Gasteiger partial charge on any atom is 0 e. The molecule has 0 aliphatic carbocycles. The molecule has 0 saturated carbocycles. The Morgan fingerprint density at radius 2 is 1.40 bits per heavy atom. The summed E-state index contributed by atoms with van der Waals surface area (Å²) >= 11 is 0. The molecule has 1 heteroatoms. The van der Waals surface area contributed by atoms with E-state index in [-0.39, 0.29) is 32.7 Å². The van der Waals surface area contributed by atoms with Gasteiger partial charge in [0.2, 0.25) is 0 Å². The largest absolute Gasteiger partial charge is 0.316 e. The van der Waals surface area contributed by atoms with E-state index >= 15 is 0 Å². The Hall–Kier alpha value is 1.10. The zero-order valence-corrected chi connectivity index (χ0v) is 11.0. The van der Waals surface area contributed by atoms with Crippen LogP contribution in [0.2, 0.25) is 0 Å². The van der Waals surface area contributed by atoms with E-state index in [9.17, 15) is 0 Å². The summed E-state index contributed by atoms with van der Waals surface area (Å²) in [5.41, 5.74) is 0.443. The molecule has 0 aliphatic rings.